The van der Waals surface area contributed by atoms with Crippen molar-refractivity contribution in [2.75, 3.05) is 26.3 Å². The van der Waals surface area contributed by atoms with Crippen LogP contribution in [-0.2, 0) is 19.5 Å². The molecule has 0 atom stereocenters. The molecule has 2 saturated heterocycles. The molecular weight excluding hydrogens is 334 g/mol. The quantitative estimate of drug-likeness (QED) is 0.778. The first-order chi connectivity index (χ1) is 11.6. The van der Waals surface area contributed by atoms with Gasteiger partial charge in [0.25, 0.3) is 0 Å². The molecule has 10 heteroatoms. The van der Waals surface area contributed by atoms with Gasteiger partial charge in [-0.05, 0) is 34.7 Å². The summed E-state index contributed by atoms with van der Waals surface area (Å²) >= 11 is 0. The lowest BCUT2D eigenvalue weighted by molar-refractivity contribution is -0.179. The monoisotopic (exact) mass is 351 g/mol. The smallest absolute Gasteiger partial charge is 0.243 e. The number of ether oxygens (including phenoxy) is 2. The van der Waals surface area contributed by atoms with E-state index in [4.69, 9.17) is 9.47 Å². The molecule has 2 aromatic rings. The largest absolute Gasteiger partial charge is 0.347 e. The second-order valence-electron chi connectivity index (χ2n) is 5.76. The highest BCUT2D eigenvalue weighted by Gasteiger charge is 2.42. The van der Waals surface area contributed by atoms with Crippen molar-refractivity contribution in [1.29, 1.82) is 0 Å². The molecule has 0 aliphatic carbocycles. The van der Waals surface area contributed by atoms with Crippen molar-refractivity contribution in [2.24, 2.45) is 0 Å². The van der Waals surface area contributed by atoms with E-state index < -0.39 is 15.8 Å². The number of benzene rings is 1. The van der Waals surface area contributed by atoms with Gasteiger partial charge in [0.2, 0.25) is 10.0 Å². The average Bonchev–Trinajstić information content (AvgIpc) is 3.28. The summed E-state index contributed by atoms with van der Waals surface area (Å²) in [4.78, 5) is 0.253. The topological polar surface area (TPSA) is 99.4 Å². The number of hydrogen-bond acceptors (Lipinski definition) is 7. The van der Waals surface area contributed by atoms with Crippen LogP contribution in [0.1, 0.15) is 12.8 Å². The molecule has 0 unspecified atom stereocenters. The second kappa shape index (κ2) is 5.88. The van der Waals surface area contributed by atoms with E-state index in [1.54, 1.807) is 24.3 Å². The lowest BCUT2D eigenvalue weighted by Crippen LogP contribution is -2.47. The zero-order chi connectivity index (χ0) is 16.6. The minimum atomic E-state index is -3.53. The number of tetrazole rings is 1. The van der Waals surface area contributed by atoms with Gasteiger partial charge in [-0.1, -0.05) is 0 Å². The molecule has 128 valence electrons. The molecule has 2 aliphatic heterocycles. The van der Waals surface area contributed by atoms with E-state index in [0.29, 0.717) is 44.8 Å². The van der Waals surface area contributed by atoms with Gasteiger partial charge in [0.15, 0.2) is 5.79 Å². The van der Waals surface area contributed by atoms with E-state index >= 15 is 0 Å². The molecule has 0 saturated carbocycles. The maximum absolute atomic E-state index is 12.8. The van der Waals surface area contributed by atoms with Crippen molar-refractivity contribution in [3.8, 4) is 5.69 Å². The normalized spacial score (nSPS) is 21.3. The van der Waals surface area contributed by atoms with Crippen LogP contribution in [0.25, 0.3) is 5.69 Å². The van der Waals surface area contributed by atoms with Crippen molar-refractivity contribution in [2.45, 2.75) is 23.5 Å². The summed E-state index contributed by atoms with van der Waals surface area (Å²) in [7, 11) is -3.53. The average molecular weight is 351 g/mol. The van der Waals surface area contributed by atoms with Crippen molar-refractivity contribution in [3.63, 3.8) is 0 Å². The van der Waals surface area contributed by atoms with Gasteiger partial charge in [-0.15, -0.1) is 5.10 Å². The van der Waals surface area contributed by atoms with E-state index in [-0.39, 0.29) is 4.90 Å². The van der Waals surface area contributed by atoms with Crippen LogP contribution in [0.5, 0.6) is 0 Å². The maximum Gasteiger partial charge on any atom is 0.243 e. The highest BCUT2D eigenvalue weighted by Crippen LogP contribution is 2.33. The number of aromatic nitrogens is 4. The minimum Gasteiger partial charge on any atom is -0.347 e. The van der Waals surface area contributed by atoms with Crippen molar-refractivity contribution >= 4 is 10.0 Å². The standard InChI is InChI=1S/C14H17N5O4S/c20-24(21,18-7-5-14(6-8-18)22-9-10-23-14)13-3-1-12(2-4-13)19-11-15-16-17-19/h1-4,11H,5-10H2. The summed E-state index contributed by atoms with van der Waals surface area (Å²) in [5.41, 5.74) is 0.698. The van der Waals surface area contributed by atoms with Crippen molar-refractivity contribution in [1.82, 2.24) is 24.5 Å². The van der Waals surface area contributed by atoms with Gasteiger partial charge < -0.3 is 9.47 Å². The SMILES string of the molecule is O=S(=O)(c1ccc(-n2cnnn2)cc1)N1CCC2(CC1)OCCO2. The van der Waals surface area contributed by atoms with Gasteiger partial charge in [-0.2, -0.15) is 4.31 Å². The fraction of sp³-hybridized carbons (Fsp3) is 0.500. The third-order valence-electron chi connectivity index (χ3n) is 4.39. The second-order valence-corrected chi connectivity index (χ2v) is 7.70. The molecule has 0 radical (unpaired) electrons. The Bertz CT molecular complexity index is 790. The van der Waals surface area contributed by atoms with E-state index in [1.807, 2.05) is 0 Å². The van der Waals surface area contributed by atoms with Crippen LogP contribution in [-0.4, -0.2) is 65.0 Å². The zero-order valence-corrected chi connectivity index (χ0v) is 13.7. The molecule has 24 heavy (non-hydrogen) atoms. The fourth-order valence-electron chi connectivity index (χ4n) is 3.05. The molecule has 2 aliphatic rings. The molecule has 0 bridgehead atoms. The van der Waals surface area contributed by atoms with Crippen molar-refractivity contribution < 1.29 is 17.9 Å². The Morgan fingerprint density at radius 1 is 1.04 bits per heavy atom. The Labute approximate surface area is 139 Å². The first kappa shape index (κ1) is 15.6. The third kappa shape index (κ3) is 2.71. The van der Waals surface area contributed by atoms with Gasteiger partial charge in [0, 0.05) is 25.9 Å². The van der Waals surface area contributed by atoms with Crippen LogP contribution in [0.15, 0.2) is 35.5 Å². The number of piperidine rings is 1. The predicted molar refractivity (Wildman–Crippen MR) is 81.8 cm³/mol. The van der Waals surface area contributed by atoms with Crippen LogP contribution in [0, 0.1) is 0 Å². The highest BCUT2D eigenvalue weighted by molar-refractivity contribution is 7.89. The van der Waals surface area contributed by atoms with E-state index in [2.05, 4.69) is 15.5 Å². The fourth-order valence-corrected chi connectivity index (χ4v) is 4.49. The number of rotatable bonds is 3. The number of nitrogens with zero attached hydrogens (tertiary/aromatic N) is 5. The van der Waals surface area contributed by atoms with Crippen molar-refractivity contribution in [3.05, 3.63) is 30.6 Å². The van der Waals surface area contributed by atoms with Crippen LogP contribution in [0.3, 0.4) is 0 Å². The summed E-state index contributed by atoms with van der Waals surface area (Å²) in [6.45, 7) is 1.92. The summed E-state index contributed by atoms with van der Waals surface area (Å²) in [6, 6.07) is 6.49. The van der Waals surface area contributed by atoms with Gasteiger partial charge in [0.1, 0.15) is 6.33 Å². The zero-order valence-electron chi connectivity index (χ0n) is 12.9. The van der Waals surface area contributed by atoms with Gasteiger partial charge in [0.05, 0.1) is 23.8 Å². The Morgan fingerprint density at radius 2 is 1.71 bits per heavy atom. The van der Waals surface area contributed by atoms with Crippen LogP contribution in [0.4, 0.5) is 0 Å². The highest BCUT2D eigenvalue weighted by atomic mass is 32.2. The Kier molecular flexibility index (Phi) is 3.83. The van der Waals surface area contributed by atoms with Crippen LogP contribution >= 0.6 is 0 Å². The molecule has 1 spiro atoms. The molecule has 4 rings (SSSR count). The first-order valence-corrected chi connectivity index (χ1v) is 9.15. The predicted octanol–water partition coefficient (Wildman–Crippen LogP) is 0.190. The summed E-state index contributed by atoms with van der Waals surface area (Å²) in [6.07, 6.45) is 2.55. The third-order valence-corrected chi connectivity index (χ3v) is 6.30. The minimum absolute atomic E-state index is 0.253. The Morgan fingerprint density at radius 3 is 2.29 bits per heavy atom. The number of hydrogen-bond donors (Lipinski definition) is 0. The van der Waals surface area contributed by atoms with E-state index in [0.717, 1.165) is 0 Å². The maximum atomic E-state index is 12.8. The van der Waals surface area contributed by atoms with E-state index in [1.165, 1.54) is 15.3 Å². The summed E-state index contributed by atoms with van der Waals surface area (Å²) in [5.74, 6) is -0.587. The molecule has 2 fully saturated rings. The van der Waals surface area contributed by atoms with Crippen LogP contribution < -0.4 is 0 Å². The molecule has 0 amide bonds. The lowest BCUT2D eigenvalue weighted by atomic mass is 10.1. The Balaban J connectivity index is 1.50. The molecule has 0 N–H and O–H groups in total. The van der Waals surface area contributed by atoms with Gasteiger partial charge >= 0.3 is 0 Å². The van der Waals surface area contributed by atoms with Gasteiger partial charge in [-0.3, -0.25) is 0 Å². The molecule has 1 aromatic carbocycles. The lowest BCUT2D eigenvalue weighted by Gasteiger charge is -2.36. The summed E-state index contributed by atoms with van der Waals surface area (Å²) in [5, 5.41) is 10.9. The molecule has 3 heterocycles. The molecule has 1 aromatic heterocycles. The Hall–Kier alpha value is -1.88. The first-order valence-electron chi connectivity index (χ1n) is 7.71. The van der Waals surface area contributed by atoms with Crippen LogP contribution in [0.2, 0.25) is 0 Å². The molecular formula is C14H17N5O4S. The van der Waals surface area contributed by atoms with Gasteiger partial charge in [-0.25, -0.2) is 13.1 Å². The van der Waals surface area contributed by atoms with E-state index in [9.17, 15) is 8.42 Å². The summed E-state index contributed by atoms with van der Waals surface area (Å²) < 4.78 is 39.8. The molecule has 9 nitrogen and oxygen atoms in total. The number of sulfonamides is 1.